The Kier molecular flexibility index (Phi) is 4.96. The van der Waals surface area contributed by atoms with Crippen molar-refractivity contribution in [1.29, 1.82) is 0 Å². The summed E-state index contributed by atoms with van der Waals surface area (Å²) >= 11 is 0. The van der Waals surface area contributed by atoms with E-state index in [0.717, 1.165) is 50.3 Å². The maximum Gasteiger partial charge on any atom is 0.134 e. The van der Waals surface area contributed by atoms with Crippen LogP contribution in [0.3, 0.4) is 0 Å². The number of pyridine rings is 1. The molecular formula is C14H22N2O2. The highest BCUT2D eigenvalue weighted by atomic mass is 16.5. The molecule has 1 saturated heterocycles. The molecule has 0 amide bonds. The molecule has 4 heteroatoms. The summed E-state index contributed by atoms with van der Waals surface area (Å²) < 4.78 is 5.83. The van der Waals surface area contributed by atoms with Gasteiger partial charge < -0.3 is 14.7 Å². The first-order valence-electron chi connectivity index (χ1n) is 6.76. The van der Waals surface area contributed by atoms with Crippen molar-refractivity contribution in [2.45, 2.75) is 38.9 Å². The van der Waals surface area contributed by atoms with E-state index in [1.54, 1.807) is 6.20 Å². The van der Waals surface area contributed by atoms with Crippen LogP contribution >= 0.6 is 0 Å². The third-order valence-electron chi connectivity index (χ3n) is 3.27. The monoisotopic (exact) mass is 250 g/mol. The Hall–Kier alpha value is -1.13. The summed E-state index contributed by atoms with van der Waals surface area (Å²) in [5, 5.41) is 9.36. The third kappa shape index (κ3) is 3.21. The number of ether oxygens (including phenoxy) is 1. The van der Waals surface area contributed by atoms with E-state index >= 15 is 0 Å². The molecule has 18 heavy (non-hydrogen) atoms. The average Bonchev–Trinajstić information content (AvgIpc) is 2.45. The maximum absolute atomic E-state index is 9.36. The lowest BCUT2D eigenvalue weighted by atomic mass is 10.1. The second kappa shape index (κ2) is 6.71. The zero-order chi connectivity index (χ0) is 12.8. The van der Waals surface area contributed by atoms with Crippen LogP contribution < -0.4 is 4.90 Å². The molecule has 1 aromatic heterocycles. The summed E-state index contributed by atoms with van der Waals surface area (Å²) in [5.74, 6) is 0.907. The van der Waals surface area contributed by atoms with Crippen LogP contribution in [0, 0.1) is 0 Å². The average molecular weight is 250 g/mol. The van der Waals surface area contributed by atoms with Crippen molar-refractivity contribution in [3.05, 3.63) is 23.9 Å². The van der Waals surface area contributed by atoms with Crippen LogP contribution in [0.25, 0.3) is 0 Å². The number of aliphatic hydroxyl groups is 1. The molecule has 1 N–H and O–H groups in total. The molecule has 1 unspecified atom stereocenters. The molecular weight excluding hydrogens is 228 g/mol. The first-order valence-corrected chi connectivity index (χ1v) is 6.76. The maximum atomic E-state index is 9.36. The van der Waals surface area contributed by atoms with Crippen molar-refractivity contribution in [3.8, 4) is 0 Å². The Labute approximate surface area is 109 Å². The van der Waals surface area contributed by atoms with Crippen molar-refractivity contribution < 1.29 is 9.84 Å². The molecule has 0 aromatic carbocycles. The van der Waals surface area contributed by atoms with Gasteiger partial charge in [0.05, 0.1) is 12.7 Å². The highest BCUT2D eigenvalue weighted by Crippen LogP contribution is 2.22. The van der Waals surface area contributed by atoms with E-state index in [0.29, 0.717) is 6.10 Å². The lowest BCUT2D eigenvalue weighted by Gasteiger charge is -2.34. The van der Waals surface area contributed by atoms with Crippen LogP contribution in [-0.4, -0.2) is 35.9 Å². The molecule has 1 aliphatic heterocycles. The lowest BCUT2D eigenvalue weighted by Crippen LogP contribution is -2.40. The number of piperidine rings is 1. The number of hydrogen-bond donors (Lipinski definition) is 1. The van der Waals surface area contributed by atoms with Crippen LogP contribution in [0.1, 0.15) is 31.7 Å². The fraction of sp³-hybridized carbons (Fsp3) is 0.643. The minimum absolute atomic E-state index is 0.0418. The SMILES string of the molecule is CCCOC1CCCN(c2ncccc2CO)C1. The lowest BCUT2D eigenvalue weighted by molar-refractivity contribution is 0.0438. The van der Waals surface area contributed by atoms with Gasteiger partial charge in [-0.05, 0) is 25.3 Å². The van der Waals surface area contributed by atoms with Gasteiger partial charge in [-0.25, -0.2) is 4.98 Å². The Morgan fingerprint density at radius 3 is 3.22 bits per heavy atom. The van der Waals surface area contributed by atoms with Gasteiger partial charge in [0.15, 0.2) is 0 Å². The van der Waals surface area contributed by atoms with Gasteiger partial charge in [0.2, 0.25) is 0 Å². The topological polar surface area (TPSA) is 45.6 Å². The van der Waals surface area contributed by atoms with Gasteiger partial charge in [-0.15, -0.1) is 0 Å². The van der Waals surface area contributed by atoms with Gasteiger partial charge in [0, 0.05) is 31.5 Å². The fourth-order valence-corrected chi connectivity index (χ4v) is 2.39. The molecule has 0 aliphatic carbocycles. The number of aliphatic hydroxyl groups excluding tert-OH is 1. The van der Waals surface area contributed by atoms with Gasteiger partial charge in [0.1, 0.15) is 5.82 Å². The Balaban J connectivity index is 2.03. The van der Waals surface area contributed by atoms with Crippen molar-refractivity contribution in [2.24, 2.45) is 0 Å². The van der Waals surface area contributed by atoms with Crippen LogP contribution in [0.15, 0.2) is 18.3 Å². The van der Waals surface area contributed by atoms with E-state index in [-0.39, 0.29) is 6.61 Å². The molecule has 0 spiro atoms. The van der Waals surface area contributed by atoms with Crippen molar-refractivity contribution in [2.75, 3.05) is 24.6 Å². The Bertz CT molecular complexity index is 371. The molecule has 100 valence electrons. The number of aromatic nitrogens is 1. The highest BCUT2D eigenvalue weighted by Gasteiger charge is 2.22. The first kappa shape index (κ1) is 13.3. The predicted octanol–water partition coefficient (Wildman–Crippen LogP) is 1.97. The first-order chi connectivity index (χ1) is 8.85. The summed E-state index contributed by atoms with van der Waals surface area (Å²) in [4.78, 5) is 6.63. The number of rotatable bonds is 5. The predicted molar refractivity (Wildman–Crippen MR) is 71.6 cm³/mol. The van der Waals surface area contributed by atoms with Crippen molar-refractivity contribution >= 4 is 5.82 Å². The molecule has 0 bridgehead atoms. The summed E-state index contributed by atoms with van der Waals surface area (Å²) in [7, 11) is 0. The minimum atomic E-state index is 0.0418. The van der Waals surface area contributed by atoms with Crippen LogP contribution in [0.2, 0.25) is 0 Å². The van der Waals surface area contributed by atoms with E-state index in [1.165, 1.54) is 0 Å². The molecule has 0 radical (unpaired) electrons. The number of anilines is 1. The zero-order valence-corrected chi connectivity index (χ0v) is 11.0. The fourth-order valence-electron chi connectivity index (χ4n) is 2.39. The molecule has 1 aliphatic rings. The molecule has 2 rings (SSSR count). The van der Waals surface area contributed by atoms with E-state index in [4.69, 9.17) is 4.74 Å². The largest absolute Gasteiger partial charge is 0.392 e. The molecule has 1 fully saturated rings. The highest BCUT2D eigenvalue weighted by molar-refractivity contribution is 5.46. The minimum Gasteiger partial charge on any atom is -0.392 e. The van der Waals surface area contributed by atoms with Crippen LogP contribution in [0.5, 0.6) is 0 Å². The Morgan fingerprint density at radius 1 is 1.56 bits per heavy atom. The number of hydrogen-bond acceptors (Lipinski definition) is 4. The van der Waals surface area contributed by atoms with Crippen LogP contribution in [0.4, 0.5) is 5.82 Å². The summed E-state index contributed by atoms with van der Waals surface area (Å²) in [6.45, 7) is 4.87. The van der Waals surface area contributed by atoms with Gasteiger partial charge >= 0.3 is 0 Å². The van der Waals surface area contributed by atoms with Crippen molar-refractivity contribution in [1.82, 2.24) is 4.98 Å². The Morgan fingerprint density at radius 2 is 2.44 bits per heavy atom. The number of nitrogens with zero attached hydrogens (tertiary/aromatic N) is 2. The van der Waals surface area contributed by atoms with Gasteiger partial charge in [0.25, 0.3) is 0 Å². The molecule has 2 heterocycles. The van der Waals surface area contributed by atoms with Crippen LogP contribution in [-0.2, 0) is 11.3 Å². The van der Waals surface area contributed by atoms with Gasteiger partial charge in [-0.1, -0.05) is 13.0 Å². The van der Waals surface area contributed by atoms with E-state index in [9.17, 15) is 5.11 Å². The summed E-state index contributed by atoms with van der Waals surface area (Å²) in [6, 6.07) is 3.79. The standard InChI is InChI=1S/C14H22N2O2/c1-2-9-18-13-6-4-8-16(10-13)14-12(11-17)5-3-7-15-14/h3,5,7,13,17H,2,4,6,8-11H2,1H3. The summed E-state index contributed by atoms with van der Waals surface area (Å²) in [6.07, 6.45) is 5.38. The third-order valence-corrected chi connectivity index (χ3v) is 3.27. The quantitative estimate of drug-likeness (QED) is 0.868. The van der Waals surface area contributed by atoms with Gasteiger partial charge in [-0.3, -0.25) is 0 Å². The second-order valence-corrected chi connectivity index (χ2v) is 4.73. The second-order valence-electron chi connectivity index (χ2n) is 4.73. The molecule has 0 saturated carbocycles. The molecule has 1 atom stereocenters. The van der Waals surface area contributed by atoms with Crippen molar-refractivity contribution in [3.63, 3.8) is 0 Å². The molecule has 1 aromatic rings. The van der Waals surface area contributed by atoms with E-state index in [2.05, 4.69) is 16.8 Å². The smallest absolute Gasteiger partial charge is 0.134 e. The van der Waals surface area contributed by atoms with E-state index < -0.39 is 0 Å². The normalized spacial score (nSPS) is 20.1. The zero-order valence-electron chi connectivity index (χ0n) is 11.0. The molecule has 4 nitrogen and oxygen atoms in total. The summed E-state index contributed by atoms with van der Waals surface area (Å²) in [5.41, 5.74) is 0.897. The van der Waals surface area contributed by atoms with Gasteiger partial charge in [-0.2, -0.15) is 0 Å². The van der Waals surface area contributed by atoms with E-state index in [1.807, 2.05) is 12.1 Å².